The number of piperidine rings is 1. The minimum atomic E-state index is -0.734. The smallest absolute Gasteiger partial charge is 0.319 e. The van der Waals surface area contributed by atoms with Crippen LogP contribution in [0.2, 0.25) is 0 Å². The van der Waals surface area contributed by atoms with Gasteiger partial charge in [-0.1, -0.05) is 25.1 Å². The zero-order valence-electron chi connectivity index (χ0n) is 26.8. The number of halogens is 3. The highest BCUT2D eigenvalue weighted by atomic mass is 19.1. The van der Waals surface area contributed by atoms with Crippen molar-refractivity contribution >= 4 is 27.5 Å². The number of nitrogens with zero attached hydrogens (tertiary/aromatic N) is 4. The number of phenols is 1. The van der Waals surface area contributed by atoms with Crippen LogP contribution >= 0.6 is 0 Å². The molecule has 4 aromatic rings. The van der Waals surface area contributed by atoms with E-state index in [9.17, 15) is 9.50 Å². The van der Waals surface area contributed by atoms with Crippen LogP contribution in [0.1, 0.15) is 68.6 Å². The van der Waals surface area contributed by atoms with Crippen molar-refractivity contribution in [2.24, 2.45) is 0 Å². The van der Waals surface area contributed by atoms with Crippen LogP contribution in [0.5, 0.6) is 11.8 Å². The molecular formula is C37H42F3N5O2. The van der Waals surface area contributed by atoms with Gasteiger partial charge in [0.15, 0.2) is 5.82 Å². The van der Waals surface area contributed by atoms with Crippen molar-refractivity contribution in [2.45, 2.75) is 95.1 Å². The molecular weight excluding hydrogens is 603 g/mol. The number of rotatable bonds is 9. The molecule has 0 aliphatic carbocycles. The van der Waals surface area contributed by atoms with Crippen molar-refractivity contribution in [1.82, 2.24) is 20.2 Å². The second kappa shape index (κ2) is 12.4. The highest BCUT2D eigenvalue weighted by Crippen LogP contribution is 2.38. The monoisotopic (exact) mass is 645 g/mol. The largest absolute Gasteiger partial charge is 0.508 e. The molecule has 0 saturated carbocycles. The van der Waals surface area contributed by atoms with E-state index in [2.05, 4.69) is 20.1 Å². The van der Waals surface area contributed by atoms with Crippen molar-refractivity contribution in [2.75, 3.05) is 31.1 Å². The number of piperazine rings is 1. The number of phenolic OH excluding ortho intramolecular Hbond substituents is 1. The molecule has 1 aromatic heterocycles. The van der Waals surface area contributed by atoms with Gasteiger partial charge in [-0.2, -0.15) is 9.97 Å². The van der Waals surface area contributed by atoms with Crippen molar-refractivity contribution in [3.8, 4) is 11.8 Å². The molecule has 4 aliphatic rings. The molecule has 10 heteroatoms. The number of aromatic nitrogens is 2. The van der Waals surface area contributed by atoms with Gasteiger partial charge in [0, 0.05) is 61.2 Å². The molecule has 0 radical (unpaired) electrons. The fourth-order valence-corrected chi connectivity index (χ4v) is 8.83. The molecule has 0 amide bonds. The van der Waals surface area contributed by atoms with E-state index in [1.165, 1.54) is 6.07 Å². The Morgan fingerprint density at radius 2 is 1.74 bits per heavy atom. The molecule has 5 heterocycles. The summed E-state index contributed by atoms with van der Waals surface area (Å²) in [6.45, 7) is 4.58. The lowest BCUT2D eigenvalue weighted by Crippen LogP contribution is -2.51. The first-order valence-corrected chi connectivity index (χ1v) is 17.3. The van der Waals surface area contributed by atoms with Crippen molar-refractivity contribution in [1.29, 1.82) is 0 Å². The summed E-state index contributed by atoms with van der Waals surface area (Å²) in [6.07, 6.45) is 6.15. The third-order valence-electron chi connectivity index (χ3n) is 10.9. The summed E-state index contributed by atoms with van der Waals surface area (Å²) in [5, 5.41) is 16.2. The van der Waals surface area contributed by atoms with Crippen LogP contribution in [0.25, 0.3) is 21.7 Å². The Labute approximate surface area is 273 Å². The molecule has 0 spiro atoms. The molecule has 47 heavy (non-hydrogen) atoms. The van der Waals surface area contributed by atoms with Crippen molar-refractivity contribution in [3.05, 3.63) is 64.7 Å². The van der Waals surface area contributed by atoms with Gasteiger partial charge in [0.2, 0.25) is 0 Å². The molecule has 7 nitrogen and oxygen atoms in total. The quantitative estimate of drug-likeness (QED) is 0.199. The first-order chi connectivity index (χ1) is 22.8. The summed E-state index contributed by atoms with van der Waals surface area (Å²) in [6, 6.07) is 11.8. The lowest BCUT2D eigenvalue weighted by atomic mass is 9.93. The van der Waals surface area contributed by atoms with E-state index in [1.54, 1.807) is 12.1 Å². The van der Waals surface area contributed by atoms with Crippen molar-refractivity contribution < 1.29 is 23.0 Å². The second-order valence-electron chi connectivity index (χ2n) is 14.0. The maximum absolute atomic E-state index is 16.6. The number of anilines is 1. The van der Waals surface area contributed by atoms with E-state index < -0.39 is 17.8 Å². The molecule has 3 unspecified atom stereocenters. The van der Waals surface area contributed by atoms with Gasteiger partial charge in [-0.05, 0) is 91.5 Å². The molecule has 5 atom stereocenters. The highest BCUT2D eigenvalue weighted by Gasteiger charge is 2.40. The predicted molar refractivity (Wildman–Crippen MR) is 177 cm³/mol. The van der Waals surface area contributed by atoms with Gasteiger partial charge in [0.05, 0.1) is 6.61 Å². The Morgan fingerprint density at radius 3 is 2.49 bits per heavy atom. The Balaban J connectivity index is 1.13. The number of alkyl halides is 1. The van der Waals surface area contributed by atoms with E-state index >= 15 is 8.78 Å². The third-order valence-corrected chi connectivity index (χ3v) is 10.9. The third kappa shape index (κ3) is 5.77. The molecule has 248 valence electrons. The Bertz CT molecular complexity index is 1790. The molecule has 4 bridgehead atoms. The van der Waals surface area contributed by atoms with Gasteiger partial charge in [0.1, 0.15) is 29.1 Å². The summed E-state index contributed by atoms with van der Waals surface area (Å²) >= 11 is 0. The average molecular weight is 646 g/mol. The molecule has 4 saturated heterocycles. The molecule has 2 N–H and O–H groups in total. The predicted octanol–water partition coefficient (Wildman–Crippen LogP) is 6.59. The number of nitrogens with one attached hydrogen (secondary N) is 1. The molecule has 4 aliphatic heterocycles. The van der Waals surface area contributed by atoms with E-state index in [0.29, 0.717) is 73.5 Å². The van der Waals surface area contributed by atoms with Gasteiger partial charge < -0.3 is 20.1 Å². The Morgan fingerprint density at radius 1 is 0.979 bits per heavy atom. The first kappa shape index (κ1) is 30.7. The number of aryl methyl sites for hydroxylation is 1. The lowest BCUT2D eigenvalue weighted by molar-refractivity contribution is 0.0777. The number of ether oxygens (including phenoxy) is 1. The number of hydrogen-bond acceptors (Lipinski definition) is 7. The standard InChI is InChI=1S/C37H42F3N5O2/c1-2-21-5-3-6-22-13-29(46)14-23(33(21)22)15-30-32(39)18-31-35(34(30)40)42-37(43-36(31)44-19-25-7-8-26(20-44)41-25)47-12-4-11-45-27-9-10-28(45)17-24(38)16-27/h3,5-6,13-14,18,24-28,41,46H,2,4,7-12,15-17,19-20H2,1H3/t24?,25?,26?,27-,28+. The maximum atomic E-state index is 16.6. The Kier molecular flexibility index (Phi) is 8.12. The van der Waals surface area contributed by atoms with E-state index in [4.69, 9.17) is 9.72 Å². The van der Waals surface area contributed by atoms with Gasteiger partial charge in [-0.25, -0.2) is 13.2 Å². The topological polar surface area (TPSA) is 73.8 Å². The number of fused-ring (bicyclic) bond motifs is 6. The van der Waals surface area contributed by atoms with Crippen molar-refractivity contribution in [3.63, 3.8) is 0 Å². The van der Waals surface area contributed by atoms with Crippen LogP contribution < -0.4 is 15.0 Å². The normalized spacial score (nSPS) is 25.7. The summed E-state index contributed by atoms with van der Waals surface area (Å²) in [7, 11) is 0. The number of benzene rings is 3. The van der Waals surface area contributed by atoms with Crippen LogP contribution in [-0.2, 0) is 12.8 Å². The zero-order chi connectivity index (χ0) is 32.2. The minimum Gasteiger partial charge on any atom is -0.508 e. The fraction of sp³-hybridized carbons (Fsp3) is 0.514. The lowest BCUT2D eigenvalue weighted by Gasteiger charge is -2.36. The average Bonchev–Trinajstić information content (AvgIpc) is 3.52. The van der Waals surface area contributed by atoms with Gasteiger partial charge in [-0.15, -0.1) is 0 Å². The van der Waals surface area contributed by atoms with Crippen LogP contribution in [0.15, 0.2) is 36.4 Å². The molecule has 4 fully saturated rings. The number of aromatic hydroxyl groups is 1. The van der Waals surface area contributed by atoms with Gasteiger partial charge in [-0.3, -0.25) is 4.90 Å². The zero-order valence-corrected chi connectivity index (χ0v) is 26.8. The fourth-order valence-electron chi connectivity index (χ4n) is 8.83. The summed E-state index contributed by atoms with van der Waals surface area (Å²) < 4.78 is 52.8. The number of hydrogen-bond donors (Lipinski definition) is 2. The SMILES string of the molecule is CCc1cccc2cc(O)cc(Cc3c(F)cc4c(N5CC6CCC(C5)N6)nc(OCCCN5[C@@H]6CC[C@H]5CC(F)C6)nc4c3F)c12. The van der Waals surface area contributed by atoms with E-state index in [0.717, 1.165) is 61.4 Å². The second-order valence-corrected chi connectivity index (χ2v) is 14.0. The van der Waals surface area contributed by atoms with Crippen LogP contribution in [0, 0.1) is 11.6 Å². The maximum Gasteiger partial charge on any atom is 0.319 e. The van der Waals surface area contributed by atoms with E-state index in [1.807, 2.05) is 25.1 Å². The molecule has 8 rings (SSSR count). The first-order valence-electron chi connectivity index (χ1n) is 17.3. The minimum absolute atomic E-state index is 0.0375. The van der Waals surface area contributed by atoms with Crippen LogP contribution in [0.3, 0.4) is 0 Å². The van der Waals surface area contributed by atoms with Gasteiger partial charge >= 0.3 is 6.01 Å². The van der Waals surface area contributed by atoms with E-state index in [-0.39, 0.29) is 29.3 Å². The summed E-state index contributed by atoms with van der Waals surface area (Å²) in [5.74, 6) is -0.850. The highest BCUT2D eigenvalue weighted by molar-refractivity contribution is 5.92. The molecule has 3 aromatic carbocycles. The summed E-state index contributed by atoms with van der Waals surface area (Å²) in [4.78, 5) is 13.8. The Hall–Kier alpha value is -3.63. The summed E-state index contributed by atoms with van der Waals surface area (Å²) in [5.41, 5.74) is 1.65. The van der Waals surface area contributed by atoms with Gasteiger partial charge in [0.25, 0.3) is 0 Å². The van der Waals surface area contributed by atoms with Crippen LogP contribution in [-0.4, -0.2) is 76.6 Å². The van der Waals surface area contributed by atoms with Crippen LogP contribution in [0.4, 0.5) is 19.0 Å².